The first-order chi connectivity index (χ1) is 18.0. The molecule has 0 aliphatic rings. The summed E-state index contributed by atoms with van der Waals surface area (Å²) in [5.74, 6) is 5.22. The second-order valence-corrected chi connectivity index (χ2v) is 12.1. The van der Waals surface area contributed by atoms with Crippen molar-refractivity contribution in [2.24, 2.45) is 0 Å². The molecule has 0 radical (unpaired) electrons. The molecule has 214 valence electrons. The first-order valence-corrected chi connectivity index (χ1v) is 17.5. The number of rotatable bonds is 23. The molecule has 0 fully saturated rings. The highest BCUT2D eigenvalue weighted by atomic mass is 32.1. The smallest absolute Gasteiger partial charge is 0.303 e. The van der Waals surface area contributed by atoms with Gasteiger partial charge >= 0.3 is 5.97 Å². The molecule has 1 aromatic rings. The Balaban J connectivity index is 4.02. The molecular weight excluding hydrogens is 577 g/mol. The monoisotopic (exact) mass is 624 g/mol. The van der Waals surface area contributed by atoms with Crippen LogP contribution in [-0.4, -0.2) is 52.2 Å². The summed E-state index contributed by atoms with van der Waals surface area (Å²) in [6.45, 7) is 0.608. The molecule has 0 bridgehead atoms. The van der Waals surface area contributed by atoms with Crippen molar-refractivity contribution in [3.63, 3.8) is 0 Å². The van der Waals surface area contributed by atoms with Crippen LogP contribution in [0.4, 0.5) is 0 Å². The molecule has 3 nitrogen and oxygen atoms in total. The van der Waals surface area contributed by atoms with Crippen LogP contribution in [0.15, 0.2) is 0 Å². The van der Waals surface area contributed by atoms with Crippen LogP contribution in [0.25, 0.3) is 0 Å². The van der Waals surface area contributed by atoms with E-state index in [0.717, 1.165) is 111 Å². The molecule has 0 heterocycles. The maximum absolute atomic E-state index is 11.7. The van der Waals surface area contributed by atoms with E-state index in [1.165, 1.54) is 27.8 Å². The largest absolute Gasteiger partial charge is 0.493 e. The first kappa shape index (κ1) is 35.6. The summed E-state index contributed by atoms with van der Waals surface area (Å²) < 4.78 is 6.68. The second-order valence-electron chi connectivity index (χ2n) is 9.39. The van der Waals surface area contributed by atoms with E-state index >= 15 is 0 Å². The van der Waals surface area contributed by atoms with Crippen molar-refractivity contribution in [2.75, 3.05) is 41.1 Å². The topological polar surface area (TPSA) is 46.5 Å². The second kappa shape index (κ2) is 22.3. The van der Waals surface area contributed by atoms with Gasteiger partial charge in [-0.25, -0.2) is 0 Å². The van der Waals surface area contributed by atoms with Crippen molar-refractivity contribution in [3.8, 4) is 5.75 Å². The van der Waals surface area contributed by atoms with Crippen LogP contribution < -0.4 is 4.74 Å². The molecule has 1 aromatic carbocycles. The molecule has 37 heavy (non-hydrogen) atoms. The maximum Gasteiger partial charge on any atom is 0.303 e. The molecule has 0 saturated heterocycles. The number of carboxylic acid groups (broad SMARTS) is 1. The van der Waals surface area contributed by atoms with Crippen LogP contribution in [0.3, 0.4) is 0 Å². The van der Waals surface area contributed by atoms with E-state index in [9.17, 15) is 9.90 Å². The average Bonchev–Trinajstić information content (AvgIpc) is 2.89. The Hall–Kier alpha value is 0.590. The number of benzene rings is 1. The lowest BCUT2D eigenvalue weighted by molar-refractivity contribution is -0.137. The normalized spacial score (nSPS) is 12.2. The molecule has 0 aromatic heterocycles. The van der Waals surface area contributed by atoms with Gasteiger partial charge in [-0.15, -0.1) is 0 Å². The predicted octanol–water partition coefficient (Wildman–Crippen LogP) is 7.49. The van der Waals surface area contributed by atoms with Crippen LogP contribution in [0.2, 0.25) is 0 Å². The highest BCUT2D eigenvalue weighted by Crippen LogP contribution is 2.44. The fraction of sp³-hybridized carbons (Fsp3) is 0.750. The number of hydrogen-bond donors (Lipinski definition) is 7. The van der Waals surface area contributed by atoms with Gasteiger partial charge in [0.25, 0.3) is 0 Å². The summed E-state index contributed by atoms with van der Waals surface area (Å²) in [6, 6.07) is 0. The molecule has 0 aliphatic carbocycles. The molecule has 1 unspecified atom stereocenters. The zero-order valence-electron chi connectivity index (χ0n) is 22.2. The molecule has 0 aliphatic heterocycles. The summed E-state index contributed by atoms with van der Waals surface area (Å²) in [5.41, 5.74) is 6.79. The molecule has 0 spiro atoms. The minimum Gasteiger partial charge on any atom is -0.493 e. The van der Waals surface area contributed by atoms with Crippen molar-refractivity contribution in [1.29, 1.82) is 0 Å². The molecule has 0 saturated carbocycles. The number of hydrogen-bond acceptors (Lipinski definition) is 8. The van der Waals surface area contributed by atoms with Gasteiger partial charge in [0, 0.05) is 12.0 Å². The summed E-state index contributed by atoms with van der Waals surface area (Å²) in [7, 11) is 0. The standard InChI is InChI=1S/C28H48O3S6/c29-26(30)13-12-21(7-1-15-32)27-24(10-4-18-35)22(8-2-16-33)23(9-3-17-34)25(11-5-19-36)28(27)31-14-6-20-37/h21,32-37H,1-20H2,(H,29,30). The van der Waals surface area contributed by atoms with Gasteiger partial charge in [0.05, 0.1) is 6.61 Å². The molecule has 1 N–H and O–H groups in total. The van der Waals surface area contributed by atoms with Crippen LogP contribution >= 0.6 is 75.8 Å². The molecule has 9 heteroatoms. The van der Waals surface area contributed by atoms with E-state index in [1.807, 2.05) is 0 Å². The number of thiol groups is 6. The third-order valence-electron chi connectivity index (χ3n) is 6.65. The minimum atomic E-state index is -0.749. The van der Waals surface area contributed by atoms with Crippen molar-refractivity contribution in [1.82, 2.24) is 0 Å². The van der Waals surface area contributed by atoms with E-state index in [1.54, 1.807) is 0 Å². The van der Waals surface area contributed by atoms with Crippen LogP contribution in [-0.2, 0) is 30.5 Å². The molecule has 0 amide bonds. The van der Waals surface area contributed by atoms with Crippen LogP contribution in [0.1, 0.15) is 91.5 Å². The highest BCUT2D eigenvalue weighted by Gasteiger charge is 2.29. The van der Waals surface area contributed by atoms with E-state index in [4.69, 9.17) is 4.74 Å². The number of carbonyl (C=O) groups is 1. The summed E-state index contributed by atoms with van der Waals surface area (Å²) >= 11 is 27.1. The number of ether oxygens (including phenoxy) is 1. The van der Waals surface area contributed by atoms with Crippen LogP contribution in [0, 0.1) is 0 Å². The Labute approximate surface area is 258 Å². The molecule has 1 rings (SSSR count). The van der Waals surface area contributed by atoms with Crippen LogP contribution in [0.5, 0.6) is 5.75 Å². The molecule has 1 atom stereocenters. The molecular formula is C28H48O3S6. The quantitative estimate of drug-likeness (QED) is 0.0510. The van der Waals surface area contributed by atoms with Gasteiger partial charge < -0.3 is 9.84 Å². The minimum absolute atomic E-state index is 0.118. The summed E-state index contributed by atoms with van der Waals surface area (Å²) in [5, 5.41) is 9.58. The number of carboxylic acids is 1. The van der Waals surface area contributed by atoms with Gasteiger partial charge in [0.1, 0.15) is 5.75 Å². The van der Waals surface area contributed by atoms with E-state index < -0.39 is 5.97 Å². The Kier molecular flexibility index (Phi) is 21.5. The predicted molar refractivity (Wildman–Crippen MR) is 182 cm³/mol. The summed E-state index contributed by atoms with van der Waals surface area (Å²) in [6.07, 6.45) is 11.2. The van der Waals surface area contributed by atoms with Gasteiger partial charge in [-0.3, -0.25) is 4.79 Å². The highest BCUT2D eigenvalue weighted by molar-refractivity contribution is 7.81. The van der Waals surface area contributed by atoms with Crippen molar-refractivity contribution < 1.29 is 14.6 Å². The average molecular weight is 625 g/mol. The third kappa shape index (κ3) is 12.8. The fourth-order valence-electron chi connectivity index (χ4n) is 5.04. The van der Waals surface area contributed by atoms with Crippen molar-refractivity contribution in [2.45, 2.75) is 89.4 Å². The van der Waals surface area contributed by atoms with Gasteiger partial charge in [0.2, 0.25) is 0 Å². The lowest BCUT2D eigenvalue weighted by Crippen LogP contribution is -2.18. The number of aliphatic carboxylic acids is 1. The van der Waals surface area contributed by atoms with Gasteiger partial charge in [0.15, 0.2) is 0 Å². The zero-order valence-corrected chi connectivity index (χ0v) is 27.5. The Morgan fingerprint density at radius 1 is 0.622 bits per heavy atom. The zero-order chi connectivity index (χ0) is 27.5. The van der Waals surface area contributed by atoms with Gasteiger partial charge in [-0.05, 0) is 140 Å². The van der Waals surface area contributed by atoms with Gasteiger partial charge in [-0.1, -0.05) is 0 Å². The van der Waals surface area contributed by atoms with Gasteiger partial charge in [-0.2, -0.15) is 75.8 Å². The van der Waals surface area contributed by atoms with E-state index in [2.05, 4.69) is 75.8 Å². The fourth-order valence-corrected chi connectivity index (χ4v) is 5.99. The Morgan fingerprint density at radius 2 is 1.08 bits per heavy atom. The first-order valence-electron chi connectivity index (χ1n) is 13.7. The Morgan fingerprint density at radius 3 is 1.57 bits per heavy atom. The van der Waals surface area contributed by atoms with E-state index in [0.29, 0.717) is 13.0 Å². The summed E-state index contributed by atoms with van der Waals surface area (Å²) in [4.78, 5) is 11.7. The van der Waals surface area contributed by atoms with Crippen molar-refractivity contribution in [3.05, 3.63) is 27.8 Å². The maximum atomic E-state index is 11.7. The lowest BCUT2D eigenvalue weighted by atomic mass is 9.77. The SMILES string of the molecule is O=C(O)CCC(CCCS)c1c(CCCS)c(CCCS)c(CCCS)c(CCCS)c1OCCCS. The Bertz CT molecular complexity index is 775. The third-order valence-corrected chi connectivity index (χ3v) is 8.55. The lowest BCUT2D eigenvalue weighted by Gasteiger charge is -2.31. The van der Waals surface area contributed by atoms with E-state index in [-0.39, 0.29) is 12.3 Å². The van der Waals surface area contributed by atoms with Crippen molar-refractivity contribution >= 4 is 81.7 Å².